The number of nitrogens with zero attached hydrogens (tertiary/aromatic N) is 2. The third-order valence-corrected chi connectivity index (χ3v) is 2.56. The fourth-order valence-corrected chi connectivity index (χ4v) is 1.71. The summed E-state index contributed by atoms with van der Waals surface area (Å²) in [7, 11) is 3.69. The average molecular weight is 225 g/mol. The Morgan fingerprint density at radius 2 is 2.31 bits per heavy atom. The van der Waals surface area contributed by atoms with E-state index in [0.29, 0.717) is 6.04 Å². The fraction of sp³-hybridized carbons (Fsp3) is 0.750. The summed E-state index contributed by atoms with van der Waals surface area (Å²) in [4.78, 5) is 0. The first-order valence-corrected chi connectivity index (χ1v) is 5.92. The maximum atomic E-state index is 5.06. The molecule has 1 atom stereocenters. The molecule has 0 fully saturated rings. The summed E-state index contributed by atoms with van der Waals surface area (Å²) in [6, 6.07) is 0.448. The van der Waals surface area contributed by atoms with Crippen LogP contribution in [-0.2, 0) is 18.2 Å². The first kappa shape index (κ1) is 13.2. The number of aryl methyl sites for hydroxylation is 2. The predicted molar refractivity (Wildman–Crippen MR) is 65.5 cm³/mol. The van der Waals surface area contributed by atoms with Crippen molar-refractivity contribution in [2.75, 3.05) is 20.3 Å². The smallest absolute Gasteiger partial charge is 0.0613 e. The maximum absolute atomic E-state index is 5.06. The van der Waals surface area contributed by atoms with Crippen molar-refractivity contribution < 1.29 is 4.74 Å². The molecule has 1 aromatic rings. The topological polar surface area (TPSA) is 39.1 Å². The molecule has 0 spiro atoms. The van der Waals surface area contributed by atoms with Crippen LogP contribution in [0.2, 0.25) is 0 Å². The molecular formula is C12H23N3O. The van der Waals surface area contributed by atoms with Gasteiger partial charge in [0.15, 0.2) is 0 Å². The summed E-state index contributed by atoms with van der Waals surface area (Å²) in [5.41, 5.74) is 1.33. The first-order valence-electron chi connectivity index (χ1n) is 5.92. The molecule has 1 unspecified atom stereocenters. The first-order chi connectivity index (χ1) is 7.72. The van der Waals surface area contributed by atoms with Gasteiger partial charge in [-0.15, -0.1) is 0 Å². The van der Waals surface area contributed by atoms with Crippen LogP contribution in [0.5, 0.6) is 0 Å². The van der Waals surface area contributed by atoms with Crippen LogP contribution < -0.4 is 5.32 Å². The molecule has 0 saturated heterocycles. The van der Waals surface area contributed by atoms with Crippen molar-refractivity contribution in [2.24, 2.45) is 7.05 Å². The van der Waals surface area contributed by atoms with Crippen LogP contribution in [0.4, 0.5) is 0 Å². The molecule has 0 aliphatic carbocycles. The van der Waals surface area contributed by atoms with Gasteiger partial charge in [-0.05, 0) is 38.3 Å². The molecule has 0 saturated carbocycles. The molecule has 0 aliphatic rings. The van der Waals surface area contributed by atoms with Gasteiger partial charge >= 0.3 is 0 Å². The average Bonchev–Trinajstić information content (AvgIpc) is 2.64. The van der Waals surface area contributed by atoms with Gasteiger partial charge in [0.2, 0.25) is 0 Å². The molecule has 0 aromatic carbocycles. The minimum atomic E-state index is 0.448. The van der Waals surface area contributed by atoms with E-state index < -0.39 is 0 Å². The van der Waals surface area contributed by atoms with Gasteiger partial charge in [-0.2, -0.15) is 5.10 Å². The van der Waals surface area contributed by atoms with Crippen molar-refractivity contribution in [1.29, 1.82) is 0 Å². The van der Waals surface area contributed by atoms with Gasteiger partial charge in [-0.3, -0.25) is 4.68 Å². The molecule has 92 valence electrons. The predicted octanol–water partition coefficient (Wildman–Crippen LogP) is 1.37. The molecule has 1 aromatic heterocycles. The number of nitrogens with one attached hydrogen (secondary N) is 1. The van der Waals surface area contributed by atoms with Crippen molar-refractivity contribution in [2.45, 2.75) is 32.2 Å². The SMILES string of the molecule is COCC(C)NCCCCc1cnn(C)c1. The Labute approximate surface area is 98.0 Å². The van der Waals surface area contributed by atoms with E-state index in [-0.39, 0.29) is 0 Å². The highest BCUT2D eigenvalue weighted by molar-refractivity contribution is 5.03. The van der Waals surface area contributed by atoms with E-state index in [1.54, 1.807) is 7.11 Å². The number of hydrogen-bond donors (Lipinski definition) is 1. The number of unbranched alkanes of at least 4 members (excludes halogenated alkanes) is 1. The molecule has 0 aliphatic heterocycles. The van der Waals surface area contributed by atoms with Gasteiger partial charge in [0.05, 0.1) is 12.8 Å². The van der Waals surface area contributed by atoms with E-state index in [1.807, 2.05) is 17.9 Å². The molecule has 1 heterocycles. The van der Waals surface area contributed by atoms with Crippen LogP contribution in [-0.4, -0.2) is 36.1 Å². The summed E-state index contributed by atoms with van der Waals surface area (Å²) in [5, 5.41) is 7.58. The highest BCUT2D eigenvalue weighted by Crippen LogP contribution is 2.02. The van der Waals surface area contributed by atoms with Crippen LogP contribution >= 0.6 is 0 Å². The summed E-state index contributed by atoms with van der Waals surface area (Å²) in [5.74, 6) is 0. The van der Waals surface area contributed by atoms with Crippen molar-refractivity contribution in [3.63, 3.8) is 0 Å². The third-order valence-electron chi connectivity index (χ3n) is 2.56. The second kappa shape index (κ2) is 7.41. The van der Waals surface area contributed by atoms with Crippen LogP contribution in [0.15, 0.2) is 12.4 Å². The van der Waals surface area contributed by atoms with Crippen LogP contribution in [0.1, 0.15) is 25.3 Å². The number of rotatable bonds is 8. The summed E-state index contributed by atoms with van der Waals surface area (Å²) in [6.07, 6.45) is 7.55. The minimum Gasteiger partial charge on any atom is -0.383 e. The number of aromatic nitrogens is 2. The Kier molecular flexibility index (Phi) is 6.11. The largest absolute Gasteiger partial charge is 0.383 e. The second-order valence-electron chi connectivity index (χ2n) is 4.29. The van der Waals surface area contributed by atoms with Crippen LogP contribution in [0.3, 0.4) is 0 Å². The third kappa shape index (κ3) is 5.28. The number of hydrogen-bond acceptors (Lipinski definition) is 3. The van der Waals surface area contributed by atoms with Gasteiger partial charge in [-0.25, -0.2) is 0 Å². The zero-order valence-electron chi connectivity index (χ0n) is 10.6. The van der Waals surface area contributed by atoms with Gasteiger partial charge in [-0.1, -0.05) is 0 Å². The molecule has 1 N–H and O–H groups in total. The van der Waals surface area contributed by atoms with Crippen molar-refractivity contribution in [1.82, 2.24) is 15.1 Å². The monoisotopic (exact) mass is 225 g/mol. The highest BCUT2D eigenvalue weighted by Gasteiger charge is 1.99. The van der Waals surface area contributed by atoms with E-state index in [2.05, 4.69) is 23.5 Å². The van der Waals surface area contributed by atoms with Gasteiger partial charge in [0.25, 0.3) is 0 Å². The van der Waals surface area contributed by atoms with Crippen LogP contribution in [0, 0.1) is 0 Å². The van der Waals surface area contributed by atoms with Gasteiger partial charge in [0.1, 0.15) is 0 Å². The minimum absolute atomic E-state index is 0.448. The lowest BCUT2D eigenvalue weighted by Gasteiger charge is -2.11. The summed E-state index contributed by atoms with van der Waals surface area (Å²) >= 11 is 0. The van der Waals surface area contributed by atoms with E-state index in [0.717, 1.165) is 19.6 Å². The van der Waals surface area contributed by atoms with E-state index >= 15 is 0 Å². The Hall–Kier alpha value is -0.870. The maximum Gasteiger partial charge on any atom is 0.0613 e. The fourth-order valence-electron chi connectivity index (χ4n) is 1.71. The van der Waals surface area contributed by atoms with Crippen molar-refractivity contribution >= 4 is 0 Å². The van der Waals surface area contributed by atoms with E-state index in [9.17, 15) is 0 Å². The summed E-state index contributed by atoms with van der Waals surface area (Å²) in [6.45, 7) is 3.98. The molecule has 4 heteroatoms. The van der Waals surface area contributed by atoms with Crippen molar-refractivity contribution in [3.05, 3.63) is 18.0 Å². The second-order valence-corrected chi connectivity index (χ2v) is 4.29. The van der Waals surface area contributed by atoms with Crippen LogP contribution in [0.25, 0.3) is 0 Å². The molecular weight excluding hydrogens is 202 g/mol. The Morgan fingerprint density at radius 1 is 1.50 bits per heavy atom. The molecule has 16 heavy (non-hydrogen) atoms. The molecule has 1 rings (SSSR count). The highest BCUT2D eigenvalue weighted by atomic mass is 16.5. The molecule has 0 bridgehead atoms. The van der Waals surface area contributed by atoms with Crippen molar-refractivity contribution in [3.8, 4) is 0 Å². The Morgan fingerprint density at radius 3 is 2.94 bits per heavy atom. The lowest BCUT2D eigenvalue weighted by atomic mass is 10.1. The number of methoxy groups -OCH3 is 1. The van der Waals surface area contributed by atoms with E-state index in [1.165, 1.54) is 18.4 Å². The van der Waals surface area contributed by atoms with E-state index in [4.69, 9.17) is 4.74 Å². The number of ether oxygens (including phenoxy) is 1. The molecule has 0 amide bonds. The quantitative estimate of drug-likeness (QED) is 0.679. The zero-order chi connectivity index (χ0) is 11.8. The lowest BCUT2D eigenvalue weighted by Crippen LogP contribution is -2.30. The Balaban J connectivity index is 2.00. The van der Waals surface area contributed by atoms with Gasteiger partial charge < -0.3 is 10.1 Å². The molecule has 4 nitrogen and oxygen atoms in total. The molecule has 0 radical (unpaired) electrons. The lowest BCUT2D eigenvalue weighted by molar-refractivity contribution is 0.172. The Bertz CT molecular complexity index is 286. The summed E-state index contributed by atoms with van der Waals surface area (Å²) < 4.78 is 6.91. The zero-order valence-corrected chi connectivity index (χ0v) is 10.6. The normalized spacial score (nSPS) is 12.9. The standard InChI is InChI=1S/C12H23N3O/c1-11(10-16-3)13-7-5-4-6-12-8-14-15(2)9-12/h8-9,11,13H,4-7,10H2,1-3H3. The van der Waals surface area contributed by atoms with Gasteiger partial charge in [0, 0.05) is 26.4 Å².